The van der Waals surface area contributed by atoms with Crippen LogP contribution in [-0.4, -0.2) is 42.0 Å². The molecule has 0 amide bonds. The first-order valence-electron chi connectivity index (χ1n) is 11.9. The second-order valence-corrected chi connectivity index (χ2v) is 9.08. The Morgan fingerprint density at radius 1 is 1.06 bits per heavy atom. The molecule has 0 bridgehead atoms. The normalized spacial score (nSPS) is 17.4. The average Bonchev–Trinajstić information content (AvgIpc) is 3.23. The van der Waals surface area contributed by atoms with E-state index in [1.807, 2.05) is 24.3 Å². The van der Waals surface area contributed by atoms with Crippen LogP contribution in [0.4, 0.5) is 13.2 Å². The Kier molecular flexibility index (Phi) is 6.93. The number of nitrogens with zero attached hydrogens (tertiary/aromatic N) is 2. The number of halogens is 3. The van der Waals surface area contributed by atoms with Gasteiger partial charge in [-0.3, -0.25) is 9.69 Å². The van der Waals surface area contributed by atoms with E-state index < -0.39 is 18.3 Å². The van der Waals surface area contributed by atoms with Crippen molar-refractivity contribution in [2.75, 3.05) is 26.4 Å². The van der Waals surface area contributed by atoms with Crippen LogP contribution in [0.1, 0.15) is 40.7 Å². The predicted molar refractivity (Wildman–Crippen MR) is 128 cm³/mol. The zero-order valence-electron chi connectivity index (χ0n) is 19.6. The number of H-pyrrole nitrogens is 1. The third-order valence-electron chi connectivity index (χ3n) is 6.82. The summed E-state index contributed by atoms with van der Waals surface area (Å²) in [6.45, 7) is 1.96. The van der Waals surface area contributed by atoms with Crippen LogP contribution in [0.3, 0.4) is 0 Å². The van der Waals surface area contributed by atoms with Gasteiger partial charge in [0, 0.05) is 48.6 Å². The molecule has 0 radical (unpaired) electrons. The second kappa shape index (κ2) is 10.3. The molecule has 9 heteroatoms. The topological polar surface area (TPSA) is 66.9 Å². The van der Waals surface area contributed by atoms with Crippen molar-refractivity contribution in [3.8, 4) is 0 Å². The standard InChI is InChI=1S/C27H26F3N3O3/c28-9-12-36-32-26(20-5-6-23(29)24(30)13-20)19-3-1-18(2-4-19)16-33-10-7-27(8-11-33)22-15-31-25(34)14-21(22)17-35-27/h1-6,13-15H,7-12,16-17H2,(H,31,34). The molecule has 0 unspecified atom stereocenters. The molecule has 3 aromatic rings. The van der Waals surface area contributed by atoms with Gasteiger partial charge in [0.25, 0.3) is 0 Å². The first-order chi connectivity index (χ1) is 17.5. The molecule has 5 rings (SSSR count). The molecule has 2 aromatic carbocycles. The molecule has 2 aliphatic heterocycles. The van der Waals surface area contributed by atoms with Crippen LogP contribution < -0.4 is 5.56 Å². The first-order valence-corrected chi connectivity index (χ1v) is 11.9. The van der Waals surface area contributed by atoms with Crippen molar-refractivity contribution in [3.63, 3.8) is 0 Å². The molecule has 0 aliphatic carbocycles. The average molecular weight is 498 g/mol. The summed E-state index contributed by atoms with van der Waals surface area (Å²) in [6, 6.07) is 12.7. The highest BCUT2D eigenvalue weighted by Gasteiger charge is 2.42. The molecule has 36 heavy (non-hydrogen) atoms. The summed E-state index contributed by atoms with van der Waals surface area (Å²) in [7, 11) is 0. The number of rotatable bonds is 7. The molecular weight excluding hydrogens is 471 g/mol. The highest BCUT2D eigenvalue weighted by atomic mass is 19.2. The third kappa shape index (κ3) is 4.94. The Bertz CT molecular complexity index is 1320. The van der Waals surface area contributed by atoms with E-state index in [0.29, 0.717) is 23.4 Å². The Labute approximate surface area is 206 Å². The summed E-state index contributed by atoms with van der Waals surface area (Å²) >= 11 is 0. The molecule has 1 spiro atoms. The highest BCUT2D eigenvalue weighted by molar-refractivity contribution is 6.12. The summed E-state index contributed by atoms with van der Waals surface area (Å²) in [4.78, 5) is 21.8. The van der Waals surface area contributed by atoms with Crippen molar-refractivity contribution < 1.29 is 22.7 Å². The molecule has 6 nitrogen and oxygen atoms in total. The van der Waals surface area contributed by atoms with Crippen molar-refractivity contribution in [1.29, 1.82) is 0 Å². The van der Waals surface area contributed by atoms with Crippen molar-refractivity contribution in [3.05, 3.63) is 105 Å². The monoisotopic (exact) mass is 497 g/mol. The van der Waals surface area contributed by atoms with Gasteiger partial charge >= 0.3 is 0 Å². The van der Waals surface area contributed by atoms with Gasteiger partial charge in [0.2, 0.25) is 5.56 Å². The van der Waals surface area contributed by atoms with E-state index in [1.54, 1.807) is 12.3 Å². The number of oxime groups is 1. The van der Waals surface area contributed by atoms with Gasteiger partial charge in [-0.25, -0.2) is 13.2 Å². The van der Waals surface area contributed by atoms with Gasteiger partial charge in [-0.05, 0) is 42.2 Å². The zero-order chi connectivity index (χ0) is 25.1. The number of alkyl halides is 1. The summed E-state index contributed by atoms with van der Waals surface area (Å²) < 4.78 is 45.9. The lowest BCUT2D eigenvalue weighted by Crippen LogP contribution is -2.42. The van der Waals surface area contributed by atoms with E-state index >= 15 is 0 Å². The van der Waals surface area contributed by atoms with Gasteiger partial charge in [-0.15, -0.1) is 0 Å². The molecule has 1 saturated heterocycles. The van der Waals surface area contributed by atoms with Crippen LogP contribution in [0.15, 0.2) is 64.7 Å². The summed E-state index contributed by atoms with van der Waals surface area (Å²) in [6.07, 6.45) is 3.47. The maximum atomic E-state index is 13.8. The van der Waals surface area contributed by atoms with E-state index in [4.69, 9.17) is 9.57 Å². The van der Waals surface area contributed by atoms with Crippen molar-refractivity contribution >= 4 is 5.71 Å². The van der Waals surface area contributed by atoms with Gasteiger partial charge in [-0.2, -0.15) is 0 Å². The lowest BCUT2D eigenvalue weighted by molar-refractivity contribution is -0.0800. The van der Waals surface area contributed by atoms with Gasteiger partial charge in [0.1, 0.15) is 19.0 Å². The van der Waals surface area contributed by atoms with Crippen molar-refractivity contribution in [1.82, 2.24) is 9.88 Å². The van der Waals surface area contributed by atoms with Crippen molar-refractivity contribution in [2.45, 2.75) is 31.6 Å². The Morgan fingerprint density at radius 2 is 1.81 bits per heavy atom. The van der Waals surface area contributed by atoms with Gasteiger partial charge in [-0.1, -0.05) is 29.4 Å². The summed E-state index contributed by atoms with van der Waals surface area (Å²) in [5.74, 6) is -1.95. The number of piperidine rings is 1. The lowest BCUT2D eigenvalue weighted by atomic mass is 9.84. The van der Waals surface area contributed by atoms with E-state index in [-0.39, 0.29) is 17.8 Å². The fourth-order valence-corrected chi connectivity index (χ4v) is 4.92. The van der Waals surface area contributed by atoms with Gasteiger partial charge in [0.05, 0.1) is 12.2 Å². The molecule has 2 aliphatic rings. The zero-order valence-corrected chi connectivity index (χ0v) is 19.6. The Balaban J connectivity index is 1.27. The van der Waals surface area contributed by atoms with Crippen LogP contribution in [0.2, 0.25) is 0 Å². The molecule has 1 fully saturated rings. The molecule has 0 atom stereocenters. The molecule has 0 saturated carbocycles. The molecular formula is C27H26F3N3O3. The maximum absolute atomic E-state index is 13.8. The SMILES string of the molecule is O=c1cc2c(c[nH]1)C1(CCN(Cc3ccc(C(=NOCCF)c4ccc(F)c(F)c4)cc3)CC1)OC2. The largest absolute Gasteiger partial charge is 0.392 e. The van der Waals surface area contributed by atoms with Crippen LogP contribution in [0, 0.1) is 11.6 Å². The minimum atomic E-state index is -0.995. The molecule has 3 heterocycles. The smallest absolute Gasteiger partial charge is 0.248 e. The summed E-state index contributed by atoms with van der Waals surface area (Å²) in [5.41, 5.74) is 3.97. The van der Waals surface area contributed by atoms with Gasteiger partial charge in [0.15, 0.2) is 11.6 Å². The van der Waals surface area contributed by atoms with E-state index in [2.05, 4.69) is 15.0 Å². The predicted octanol–water partition coefficient (Wildman–Crippen LogP) is 4.41. The Hall–Kier alpha value is -3.43. The summed E-state index contributed by atoms with van der Waals surface area (Å²) in [5, 5.41) is 3.98. The number of benzene rings is 2. The van der Waals surface area contributed by atoms with Crippen LogP contribution in [0.25, 0.3) is 0 Å². The first kappa shape index (κ1) is 24.3. The number of hydrogen-bond acceptors (Lipinski definition) is 5. The third-order valence-corrected chi connectivity index (χ3v) is 6.82. The van der Waals surface area contributed by atoms with Crippen LogP contribution in [0.5, 0.6) is 0 Å². The fourth-order valence-electron chi connectivity index (χ4n) is 4.92. The number of likely N-dealkylation sites (tertiary alicyclic amines) is 1. The minimum Gasteiger partial charge on any atom is -0.392 e. The number of hydrogen-bond donors (Lipinski definition) is 1. The minimum absolute atomic E-state index is 0.109. The van der Waals surface area contributed by atoms with Gasteiger partial charge < -0.3 is 14.6 Å². The number of nitrogens with one attached hydrogen (secondary N) is 1. The number of aromatic nitrogens is 1. The van der Waals surface area contributed by atoms with Crippen LogP contribution in [-0.2, 0) is 28.3 Å². The number of fused-ring (bicyclic) bond motifs is 2. The molecule has 1 N–H and O–H groups in total. The molecule has 1 aromatic heterocycles. The quantitative estimate of drug-likeness (QED) is 0.298. The van der Waals surface area contributed by atoms with E-state index in [1.165, 1.54) is 6.07 Å². The Morgan fingerprint density at radius 3 is 2.53 bits per heavy atom. The number of ether oxygens (including phenoxy) is 1. The number of pyridine rings is 1. The maximum Gasteiger partial charge on any atom is 0.248 e. The highest BCUT2D eigenvalue weighted by Crippen LogP contribution is 2.43. The van der Waals surface area contributed by atoms with E-state index in [0.717, 1.165) is 61.3 Å². The van der Waals surface area contributed by atoms with E-state index in [9.17, 15) is 18.0 Å². The van der Waals surface area contributed by atoms with Crippen molar-refractivity contribution in [2.24, 2.45) is 5.16 Å². The van der Waals surface area contributed by atoms with Crippen LogP contribution >= 0.6 is 0 Å². The fraction of sp³-hybridized carbons (Fsp3) is 0.333. The number of aromatic amines is 1. The molecule has 188 valence electrons. The lowest BCUT2D eigenvalue weighted by Gasteiger charge is -2.39. The second-order valence-electron chi connectivity index (χ2n) is 9.08.